The van der Waals surface area contributed by atoms with Gasteiger partial charge in [-0.3, -0.25) is 9.59 Å². The smallest absolute Gasteiger partial charge is 0.356 e. The first-order valence-electron chi connectivity index (χ1n) is 4.56. The lowest BCUT2D eigenvalue weighted by Gasteiger charge is -2.02. The predicted molar refractivity (Wildman–Crippen MR) is 56.7 cm³/mol. The number of carbonyl (C=O) groups is 3. The molecular weight excluding hydrogens is 329 g/mol. The van der Waals surface area contributed by atoms with E-state index in [0.717, 1.165) is 0 Å². The van der Waals surface area contributed by atoms with Crippen LogP contribution in [0.5, 0.6) is 0 Å². The maximum atomic E-state index is 11.1. The van der Waals surface area contributed by atoms with Crippen molar-refractivity contribution in [2.45, 2.75) is 19.8 Å². The zero-order valence-electron chi connectivity index (χ0n) is 8.58. The van der Waals surface area contributed by atoms with E-state index in [2.05, 4.69) is 5.32 Å². The number of ketones is 1. The van der Waals surface area contributed by atoms with Crippen LogP contribution in [0, 0.1) is 0 Å². The minimum absolute atomic E-state index is 0.0619. The highest BCUT2D eigenvalue weighted by Crippen LogP contribution is 2.00. The number of hydrogen-bond donors (Lipinski definition) is 1. The average Bonchev–Trinajstić information content (AvgIpc) is 2.11. The molecule has 0 radical (unpaired) electrons. The zero-order valence-corrected chi connectivity index (χ0v) is 11.7. The summed E-state index contributed by atoms with van der Waals surface area (Å²) in [6.45, 7) is 1.90. The third kappa shape index (κ3) is 11.8. The normalized spacial score (nSPS) is 9.73. The SMILES string of the molecule is CC(=O)CCNC(=O)CCSCC(=O)[IH+]. The van der Waals surface area contributed by atoms with Gasteiger partial charge in [-0.05, 0) is 6.92 Å². The standard InChI is InChI=1S/C9H14INO3S/c1-7(12)2-4-11-9(14)3-5-15-6-8(10)13/h10H,2-6H2,1H3/p+1. The number of carbonyl (C=O) groups excluding carboxylic acids is 3. The van der Waals surface area contributed by atoms with Crippen molar-refractivity contribution in [3.05, 3.63) is 0 Å². The van der Waals surface area contributed by atoms with Crippen LogP contribution >= 0.6 is 11.8 Å². The van der Waals surface area contributed by atoms with Gasteiger partial charge < -0.3 is 5.32 Å². The maximum absolute atomic E-state index is 11.1. The molecule has 1 amide bonds. The lowest BCUT2D eigenvalue weighted by Crippen LogP contribution is -3.38. The van der Waals surface area contributed by atoms with Crippen molar-refractivity contribution in [1.29, 1.82) is 0 Å². The summed E-state index contributed by atoms with van der Waals surface area (Å²) in [5.41, 5.74) is 0. The highest BCUT2D eigenvalue weighted by atomic mass is 127. The molecule has 0 fully saturated rings. The molecule has 4 nitrogen and oxygen atoms in total. The van der Waals surface area contributed by atoms with Gasteiger partial charge in [0.25, 0.3) is 0 Å². The molecule has 6 heteroatoms. The van der Waals surface area contributed by atoms with E-state index >= 15 is 0 Å². The molecule has 0 spiro atoms. The van der Waals surface area contributed by atoms with E-state index in [1.807, 2.05) is 0 Å². The van der Waals surface area contributed by atoms with Gasteiger partial charge in [-0.2, -0.15) is 0 Å². The number of halogens is 1. The third-order valence-electron chi connectivity index (χ3n) is 1.49. The van der Waals surface area contributed by atoms with Crippen LogP contribution in [0.4, 0.5) is 0 Å². The van der Waals surface area contributed by atoms with Crippen LogP contribution in [-0.4, -0.2) is 33.5 Å². The molecule has 0 saturated heterocycles. The summed E-state index contributed by atoms with van der Waals surface area (Å²) >= 11 is 2.91. The molecule has 0 heterocycles. The molecule has 1 N–H and O–H groups in total. The molecule has 86 valence electrons. The van der Waals surface area contributed by atoms with Crippen molar-refractivity contribution < 1.29 is 37.0 Å². The van der Waals surface area contributed by atoms with Gasteiger partial charge >= 0.3 is 26.4 Å². The monoisotopic (exact) mass is 344 g/mol. The number of nitrogens with one attached hydrogen (secondary N) is 1. The number of thioether (sulfide) groups is 1. The van der Waals surface area contributed by atoms with Gasteiger partial charge in [0.1, 0.15) is 11.5 Å². The van der Waals surface area contributed by atoms with Crippen molar-refractivity contribution >= 4 is 27.2 Å². The molecule has 0 bridgehead atoms. The van der Waals surface area contributed by atoms with Crippen LogP contribution in [0.25, 0.3) is 0 Å². The number of amides is 1. The van der Waals surface area contributed by atoms with Gasteiger partial charge in [0, 0.05) is 25.1 Å². The molecule has 0 aliphatic rings. The van der Waals surface area contributed by atoms with Crippen molar-refractivity contribution in [1.82, 2.24) is 5.32 Å². The maximum Gasteiger partial charge on any atom is 0.370 e. The van der Waals surface area contributed by atoms with Gasteiger partial charge in [0.05, 0.1) is 0 Å². The van der Waals surface area contributed by atoms with E-state index in [0.29, 0.717) is 30.9 Å². The Bertz CT molecular complexity index is 246. The second-order valence-corrected chi connectivity index (χ2v) is 5.38. The van der Waals surface area contributed by atoms with E-state index in [-0.39, 0.29) is 15.5 Å². The minimum Gasteiger partial charge on any atom is -0.356 e. The predicted octanol–water partition coefficient (Wildman–Crippen LogP) is -2.98. The molecule has 0 aromatic carbocycles. The summed E-state index contributed by atoms with van der Waals surface area (Å²) in [5, 5.41) is 2.64. The molecule has 0 atom stereocenters. The Morgan fingerprint density at radius 3 is 2.47 bits per heavy atom. The Kier molecular flexibility index (Phi) is 9.07. The lowest BCUT2D eigenvalue weighted by molar-refractivity contribution is -0.301. The zero-order chi connectivity index (χ0) is 11.7. The molecule has 0 aliphatic heterocycles. The molecule has 0 unspecified atom stereocenters. The first-order chi connectivity index (χ1) is 7.02. The minimum atomic E-state index is -0.0619. The summed E-state index contributed by atoms with van der Waals surface area (Å²) in [6, 6.07) is 0. The fraction of sp³-hybridized carbons (Fsp3) is 0.667. The summed E-state index contributed by atoms with van der Waals surface area (Å²) in [4.78, 5) is 32.3. The van der Waals surface area contributed by atoms with Gasteiger partial charge in [-0.1, -0.05) is 0 Å². The van der Waals surface area contributed by atoms with Crippen LogP contribution in [0.2, 0.25) is 0 Å². The molecule has 15 heavy (non-hydrogen) atoms. The third-order valence-corrected chi connectivity index (χ3v) is 3.43. The molecule has 0 saturated carbocycles. The van der Waals surface area contributed by atoms with Gasteiger partial charge in [0.15, 0.2) is 0 Å². The number of rotatable bonds is 8. The van der Waals surface area contributed by atoms with E-state index in [4.69, 9.17) is 0 Å². The fourth-order valence-electron chi connectivity index (χ4n) is 0.787. The lowest BCUT2D eigenvalue weighted by atomic mass is 10.3. The van der Waals surface area contributed by atoms with Crippen LogP contribution in [-0.2, 0) is 14.4 Å². The molecular formula is C9H15INO3S+. The fourth-order valence-corrected chi connectivity index (χ4v) is 2.14. The second-order valence-electron chi connectivity index (χ2n) is 2.98. The van der Waals surface area contributed by atoms with Crippen LogP contribution in [0.1, 0.15) is 19.8 Å². The largest absolute Gasteiger partial charge is 0.370 e. The van der Waals surface area contributed by atoms with Crippen molar-refractivity contribution in [3.8, 4) is 0 Å². The summed E-state index contributed by atoms with van der Waals surface area (Å²) in [5.74, 6) is 1.12. The van der Waals surface area contributed by atoms with Crippen LogP contribution < -0.4 is 27.9 Å². The van der Waals surface area contributed by atoms with E-state index in [1.54, 1.807) is 0 Å². The molecule has 0 rings (SSSR count). The van der Waals surface area contributed by atoms with Crippen molar-refractivity contribution in [2.24, 2.45) is 0 Å². The quantitative estimate of drug-likeness (QED) is 0.290. The Morgan fingerprint density at radius 1 is 1.27 bits per heavy atom. The van der Waals surface area contributed by atoms with Crippen molar-refractivity contribution in [3.63, 3.8) is 0 Å². The summed E-state index contributed by atoms with van der Waals surface area (Å²) < 4.78 is 0.132. The van der Waals surface area contributed by atoms with E-state index < -0.39 is 0 Å². The topological polar surface area (TPSA) is 63.2 Å². The summed E-state index contributed by atoms with van der Waals surface area (Å²) in [7, 11) is 0. The van der Waals surface area contributed by atoms with Gasteiger partial charge in [-0.25, -0.2) is 4.79 Å². The highest BCUT2D eigenvalue weighted by molar-refractivity contribution is 7.99. The highest BCUT2D eigenvalue weighted by Gasteiger charge is 2.06. The van der Waals surface area contributed by atoms with Crippen LogP contribution in [0.3, 0.4) is 0 Å². The van der Waals surface area contributed by atoms with E-state index in [1.165, 1.54) is 41.3 Å². The molecule has 0 aromatic heterocycles. The Hall–Kier alpha value is -0.110. The Labute approximate surface area is 107 Å². The van der Waals surface area contributed by atoms with Gasteiger partial charge in [0.2, 0.25) is 5.91 Å². The average molecular weight is 344 g/mol. The Balaban J connectivity index is 3.33. The van der Waals surface area contributed by atoms with Crippen LogP contribution in [0.15, 0.2) is 0 Å². The number of hydrogen-bond acceptors (Lipinski definition) is 4. The first kappa shape index (κ1) is 14.9. The number of Topliss-reactive ketones (excluding diaryl/α,β-unsaturated/α-hetero) is 1. The summed E-state index contributed by atoms with van der Waals surface area (Å²) in [6.07, 6.45) is 0.781. The first-order valence-corrected chi connectivity index (χ1v) is 6.88. The van der Waals surface area contributed by atoms with Gasteiger partial charge in [-0.15, -0.1) is 11.8 Å². The molecule has 0 aromatic rings. The Morgan fingerprint density at radius 2 is 1.93 bits per heavy atom. The van der Waals surface area contributed by atoms with Crippen molar-refractivity contribution in [2.75, 3.05) is 18.1 Å². The van der Waals surface area contributed by atoms with E-state index in [9.17, 15) is 14.4 Å². The molecule has 0 aliphatic carbocycles. The second kappa shape index (κ2) is 9.14.